The number of hydrazone groups is 1. The van der Waals surface area contributed by atoms with Crippen LogP contribution in [0.4, 0.5) is 0 Å². The molecule has 2 nitrogen and oxygen atoms in total. The van der Waals surface area contributed by atoms with E-state index in [0.717, 1.165) is 0 Å². The normalized spacial score (nSPS) is 8.80. The van der Waals surface area contributed by atoms with Gasteiger partial charge >= 0.3 is 0 Å². The third kappa shape index (κ3) is 3.56. The van der Waals surface area contributed by atoms with Crippen molar-refractivity contribution < 1.29 is 0 Å². The molecule has 2 N–H and O–H groups in total. The molecule has 3 heteroatoms. The molecule has 0 spiro atoms. The molecule has 0 atom stereocenters. The molecule has 0 aliphatic carbocycles. The van der Waals surface area contributed by atoms with E-state index in [1.807, 2.05) is 0 Å². The Labute approximate surface area is 35.7 Å². The highest BCUT2D eigenvalue weighted by Gasteiger charge is 1.44. The fourth-order valence-corrected chi connectivity index (χ4v) is 0.105. The molecule has 28 valence electrons. The summed E-state index contributed by atoms with van der Waals surface area (Å²) < 4.78 is 0. The van der Waals surface area contributed by atoms with Gasteiger partial charge < -0.3 is 5.84 Å². The number of rotatable bonds is 1. The SMILES string of the molecule is N/N=C\C=S. The number of nitrogens with two attached hydrogens (primary N) is 1. The zero-order chi connectivity index (χ0) is 4.12. The lowest BCUT2D eigenvalue weighted by Crippen LogP contribution is -1.79. The van der Waals surface area contributed by atoms with E-state index in [2.05, 4.69) is 23.2 Å². The summed E-state index contributed by atoms with van der Waals surface area (Å²) >= 11 is 4.30. The average molecular weight is 88.1 g/mol. The summed E-state index contributed by atoms with van der Waals surface area (Å²) in [6, 6.07) is 0. The van der Waals surface area contributed by atoms with Crippen molar-refractivity contribution in [2.24, 2.45) is 10.9 Å². The summed E-state index contributed by atoms with van der Waals surface area (Å²) in [4.78, 5) is 0. The van der Waals surface area contributed by atoms with Gasteiger partial charge in [0.2, 0.25) is 0 Å². The Hall–Kier alpha value is -0.440. The van der Waals surface area contributed by atoms with Crippen molar-refractivity contribution in [1.82, 2.24) is 0 Å². The Bertz CT molecular complexity index is 49.6. The molecule has 0 rings (SSSR count). The number of hydrogen-bond donors (Lipinski definition) is 1. The van der Waals surface area contributed by atoms with Crippen molar-refractivity contribution in [1.29, 1.82) is 0 Å². The standard InChI is InChI=1S/C2H4N2S/c3-4-1-2-5/h1-2H,3H2/b4-1-. The molecular weight excluding hydrogens is 84.1 g/mol. The van der Waals surface area contributed by atoms with Crippen LogP contribution in [0.2, 0.25) is 0 Å². The number of hydrogen-bond acceptors (Lipinski definition) is 3. The van der Waals surface area contributed by atoms with Gasteiger partial charge in [-0.25, -0.2) is 0 Å². The maximum absolute atomic E-state index is 4.61. The van der Waals surface area contributed by atoms with Crippen molar-refractivity contribution in [3.05, 3.63) is 0 Å². The topological polar surface area (TPSA) is 38.4 Å². The Kier molecular flexibility index (Phi) is 3.25. The molecule has 0 aromatic carbocycles. The van der Waals surface area contributed by atoms with Gasteiger partial charge in [0.1, 0.15) is 0 Å². The van der Waals surface area contributed by atoms with E-state index in [1.165, 1.54) is 11.6 Å². The maximum Gasteiger partial charge on any atom is 0.0572 e. The summed E-state index contributed by atoms with van der Waals surface area (Å²) in [6.45, 7) is 0. The van der Waals surface area contributed by atoms with Gasteiger partial charge in [-0.05, 0) is 0 Å². The summed E-state index contributed by atoms with van der Waals surface area (Å²) in [5, 5.41) is 4.42. The van der Waals surface area contributed by atoms with E-state index in [1.54, 1.807) is 0 Å². The van der Waals surface area contributed by atoms with Crippen LogP contribution >= 0.6 is 12.2 Å². The van der Waals surface area contributed by atoms with E-state index in [4.69, 9.17) is 0 Å². The van der Waals surface area contributed by atoms with Gasteiger partial charge in [0.15, 0.2) is 0 Å². The van der Waals surface area contributed by atoms with Crippen LogP contribution < -0.4 is 5.84 Å². The first-order valence-electron chi connectivity index (χ1n) is 1.09. The largest absolute Gasteiger partial charge is 0.323 e. The molecule has 0 amide bonds. The third-order valence-electron chi connectivity index (χ3n) is 0.147. The van der Waals surface area contributed by atoms with Crippen molar-refractivity contribution in [3.8, 4) is 0 Å². The van der Waals surface area contributed by atoms with Crippen LogP contribution in [0.1, 0.15) is 0 Å². The molecule has 0 saturated carbocycles. The third-order valence-corrected chi connectivity index (χ3v) is 0.269. The van der Waals surface area contributed by atoms with Crippen molar-refractivity contribution in [2.75, 3.05) is 0 Å². The molecule has 0 fully saturated rings. The molecule has 0 bridgehead atoms. The van der Waals surface area contributed by atoms with Crippen LogP contribution in [0.25, 0.3) is 0 Å². The van der Waals surface area contributed by atoms with Crippen molar-refractivity contribution >= 4 is 23.8 Å². The first-order chi connectivity index (χ1) is 2.41. The lowest BCUT2D eigenvalue weighted by Gasteiger charge is -1.58. The molecule has 0 aliphatic rings. The Morgan fingerprint density at radius 3 is 2.40 bits per heavy atom. The highest BCUT2D eigenvalue weighted by Crippen LogP contribution is 1.38. The van der Waals surface area contributed by atoms with Crippen LogP contribution in [-0.2, 0) is 0 Å². The first-order valence-corrected chi connectivity index (χ1v) is 1.56. The van der Waals surface area contributed by atoms with Gasteiger partial charge in [0.25, 0.3) is 0 Å². The van der Waals surface area contributed by atoms with Crippen LogP contribution in [0, 0.1) is 0 Å². The predicted octanol–water partition coefficient (Wildman–Crippen LogP) is -0.0694. The quantitative estimate of drug-likeness (QED) is 0.211. The lowest BCUT2D eigenvalue weighted by molar-refractivity contribution is 1.27. The first kappa shape index (κ1) is 4.56. The van der Waals surface area contributed by atoms with Gasteiger partial charge in [0, 0.05) is 5.37 Å². The van der Waals surface area contributed by atoms with Gasteiger partial charge in [-0.15, -0.1) is 0 Å². The smallest absolute Gasteiger partial charge is 0.0572 e. The summed E-state index contributed by atoms with van der Waals surface area (Å²) in [6.07, 6.45) is 1.34. The molecule has 5 heavy (non-hydrogen) atoms. The predicted molar refractivity (Wildman–Crippen MR) is 26.3 cm³/mol. The minimum Gasteiger partial charge on any atom is -0.323 e. The highest BCUT2D eigenvalue weighted by molar-refractivity contribution is 7.80. The van der Waals surface area contributed by atoms with Gasteiger partial charge in [-0.1, -0.05) is 12.2 Å². The Morgan fingerprint density at radius 1 is 1.80 bits per heavy atom. The minimum absolute atomic E-state index is 1.34. The summed E-state index contributed by atoms with van der Waals surface area (Å²) in [5.74, 6) is 4.61. The summed E-state index contributed by atoms with van der Waals surface area (Å²) in [5.41, 5.74) is 0. The molecule has 0 radical (unpaired) electrons. The Morgan fingerprint density at radius 2 is 2.40 bits per heavy atom. The highest BCUT2D eigenvalue weighted by atomic mass is 32.1. The van der Waals surface area contributed by atoms with Crippen LogP contribution in [0.15, 0.2) is 5.10 Å². The number of nitrogens with zero attached hydrogens (tertiary/aromatic N) is 1. The fraction of sp³-hybridized carbons (Fsp3) is 0. The lowest BCUT2D eigenvalue weighted by atomic mass is 10.9. The number of thiocarbonyl (C=S) groups is 1. The van der Waals surface area contributed by atoms with E-state index in [0.29, 0.717) is 0 Å². The Balaban J connectivity index is 2.92. The molecule has 0 heterocycles. The monoisotopic (exact) mass is 88.0 g/mol. The zero-order valence-electron chi connectivity index (χ0n) is 2.59. The van der Waals surface area contributed by atoms with Crippen molar-refractivity contribution in [3.63, 3.8) is 0 Å². The van der Waals surface area contributed by atoms with Gasteiger partial charge in [-0.3, -0.25) is 0 Å². The molecule has 0 aliphatic heterocycles. The molecular formula is C2H4N2S. The van der Waals surface area contributed by atoms with E-state index in [-0.39, 0.29) is 0 Å². The van der Waals surface area contributed by atoms with Gasteiger partial charge in [-0.2, -0.15) is 5.10 Å². The minimum atomic E-state index is 1.34. The van der Waals surface area contributed by atoms with E-state index >= 15 is 0 Å². The van der Waals surface area contributed by atoms with Crippen LogP contribution in [0.3, 0.4) is 0 Å². The summed E-state index contributed by atoms with van der Waals surface area (Å²) in [7, 11) is 0. The van der Waals surface area contributed by atoms with Crippen LogP contribution in [-0.4, -0.2) is 11.6 Å². The van der Waals surface area contributed by atoms with Crippen molar-refractivity contribution in [2.45, 2.75) is 0 Å². The molecule has 0 saturated heterocycles. The van der Waals surface area contributed by atoms with Gasteiger partial charge in [0.05, 0.1) is 6.21 Å². The molecule has 0 unspecified atom stereocenters. The van der Waals surface area contributed by atoms with E-state index < -0.39 is 0 Å². The second-order valence-electron chi connectivity index (χ2n) is 0.434. The van der Waals surface area contributed by atoms with Crippen LogP contribution in [0.5, 0.6) is 0 Å². The second-order valence-corrected chi connectivity index (χ2v) is 0.706. The average Bonchev–Trinajstić information content (AvgIpc) is 1.41. The maximum atomic E-state index is 4.61. The fourth-order valence-electron chi connectivity index (χ4n) is 0.0351. The van der Waals surface area contributed by atoms with E-state index in [9.17, 15) is 0 Å². The molecule has 0 aromatic heterocycles. The molecule has 0 aromatic rings. The second kappa shape index (κ2) is 3.56. The zero-order valence-corrected chi connectivity index (χ0v) is 3.40.